The Hall–Kier alpha value is -1.91. The molecule has 4 heteroatoms. The summed E-state index contributed by atoms with van der Waals surface area (Å²) in [5.41, 5.74) is 2.54. The molecule has 2 heterocycles. The van der Waals surface area contributed by atoms with Crippen LogP contribution in [0.2, 0.25) is 0 Å². The lowest BCUT2D eigenvalue weighted by molar-refractivity contribution is -0.174. The van der Waals surface area contributed by atoms with Gasteiger partial charge in [0.15, 0.2) is 0 Å². The molecule has 0 spiro atoms. The van der Waals surface area contributed by atoms with Crippen molar-refractivity contribution in [1.82, 2.24) is 4.90 Å². The number of allylic oxidation sites excluding steroid dienone is 2. The summed E-state index contributed by atoms with van der Waals surface area (Å²) in [6.45, 7) is 0.572. The second kappa shape index (κ2) is 6.54. The monoisotopic (exact) mass is 325 g/mol. The van der Waals surface area contributed by atoms with Crippen molar-refractivity contribution in [2.75, 3.05) is 13.2 Å². The number of benzene rings is 1. The lowest BCUT2D eigenvalue weighted by Crippen LogP contribution is -2.59. The molecule has 4 atom stereocenters. The first-order valence-electron chi connectivity index (χ1n) is 8.74. The predicted molar refractivity (Wildman–Crippen MR) is 91.3 cm³/mol. The lowest BCUT2D eigenvalue weighted by atomic mass is 9.88. The van der Waals surface area contributed by atoms with E-state index in [9.17, 15) is 9.90 Å². The Morgan fingerprint density at radius 1 is 1.21 bits per heavy atom. The Morgan fingerprint density at radius 2 is 2.04 bits per heavy atom. The van der Waals surface area contributed by atoms with E-state index in [0.717, 1.165) is 19.4 Å². The molecule has 0 bridgehead atoms. The number of esters is 1. The molecule has 24 heavy (non-hydrogen) atoms. The van der Waals surface area contributed by atoms with E-state index >= 15 is 0 Å². The van der Waals surface area contributed by atoms with Crippen LogP contribution in [0.3, 0.4) is 0 Å². The standard InChI is InChI=1S/C20H23NO3/c22-13-17-20(23)24-18(11-14-7-3-1-4-8-14)19-16-10-6-2-5-9-15(16)12-21(17)19/h1,3-4,6-10,16-19,22H,2,5,11-13H2/t16-,17+,18+,19-/m1/s1. The van der Waals surface area contributed by atoms with E-state index in [4.69, 9.17) is 4.74 Å². The molecule has 3 aliphatic rings. The zero-order valence-corrected chi connectivity index (χ0v) is 13.7. The largest absolute Gasteiger partial charge is 0.459 e. The van der Waals surface area contributed by atoms with E-state index in [0.29, 0.717) is 6.42 Å². The van der Waals surface area contributed by atoms with Crippen molar-refractivity contribution in [3.63, 3.8) is 0 Å². The minimum absolute atomic E-state index is 0.112. The molecule has 2 aliphatic heterocycles. The normalized spacial score (nSPS) is 32.5. The lowest BCUT2D eigenvalue weighted by Gasteiger charge is -2.41. The van der Waals surface area contributed by atoms with Gasteiger partial charge in [0.25, 0.3) is 0 Å². The summed E-state index contributed by atoms with van der Waals surface area (Å²) < 4.78 is 5.80. The first-order valence-corrected chi connectivity index (χ1v) is 8.74. The summed E-state index contributed by atoms with van der Waals surface area (Å²) in [5, 5.41) is 9.69. The van der Waals surface area contributed by atoms with Gasteiger partial charge in [0, 0.05) is 18.9 Å². The number of carbonyl (C=O) groups excluding carboxylic acids is 1. The van der Waals surface area contributed by atoms with E-state index in [-0.39, 0.29) is 30.6 Å². The van der Waals surface area contributed by atoms with Gasteiger partial charge in [-0.05, 0) is 18.4 Å². The molecule has 1 aromatic rings. The molecule has 4 rings (SSSR count). The van der Waals surface area contributed by atoms with Crippen LogP contribution in [-0.2, 0) is 16.0 Å². The van der Waals surface area contributed by atoms with Crippen LogP contribution in [0.4, 0.5) is 0 Å². The number of aliphatic hydroxyl groups excluding tert-OH is 1. The van der Waals surface area contributed by atoms with Gasteiger partial charge in [-0.2, -0.15) is 0 Å². The van der Waals surface area contributed by atoms with Crippen LogP contribution in [0.15, 0.2) is 54.1 Å². The molecule has 1 aromatic carbocycles. The molecule has 2 saturated heterocycles. The molecule has 0 aromatic heterocycles. The Labute approximate surface area is 142 Å². The summed E-state index contributed by atoms with van der Waals surface area (Å²) in [4.78, 5) is 14.5. The summed E-state index contributed by atoms with van der Waals surface area (Å²) >= 11 is 0. The number of rotatable bonds is 3. The van der Waals surface area contributed by atoms with Gasteiger partial charge in [0.1, 0.15) is 12.1 Å². The quantitative estimate of drug-likeness (QED) is 0.683. The molecule has 4 nitrogen and oxygen atoms in total. The molecule has 0 radical (unpaired) electrons. The fraction of sp³-hybridized carbons (Fsp3) is 0.450. The van der Waals surface area contributed by atoms with Crippen molar-refractivity contribution in [2.45, 2.75) is 37.5 Å². The summed E-state index contributed by atoms with van der Waals surface area (Å²) in [5.74, 6) is -0.0147. The van der Waals surface area contributed by atoms with Gasteiger partial charge in [-0.3, -0.25) is 9.69 Å². The van der Waals surface area contributed by atoms with E-state index in [2.05, 4.69) is 35.3 Å². The van der Waals surface area contributed by atoms with Crippen molar-refractivity contribution >= 4 is 5.97 Å². The second-order valence-corrected chi connectivity index (χ2v) is 6.84. The fourth-order valence-electron chi connectivity index (χ4n) is 4.28. The van der Waals surface area contributed by atoms with Crippen LogP contribution >= 0.6 is 0 Å². The third-order valence-electron chi connectivity index (χ3n) is 5.40. The maximum Gasteiger partial charge on any atom is 0.326 e. The third-order valence-corrected chi connectivity index (χ3v) is 5.40. The zero-order valence-electron chi connectivity index (χ0n) is 13.7. The minimum atomic E-state index is -0.539. The Kier molecular flexibility index (Phi) is 4.25. The molecule has 126 valence electrons. The molecule has 0 unspecified atom stereocenters. The summed E-state index contributed by atoms with van der Waals surface area (Å²) in [6, 6.07) is 9.74. The predicted octanol–water partition coefficient (Wildman–Crippen LogP) is 2.09. The van der Waals surface area contributed by atoms with Crippen molar-refractivity contribution in [3.05, 3.63) is 59.7 Å². The molecular formula is C20H23NO3. The molecule has 2 fully saturated rings. The van der Waals surface area contributed by atoms with Crippen LogP contribution in [0, 0.1) is 5.92 Å². The highest BCUT2D eigenvalue weighted by Crippen LogP contribution is 2.40. The Balaban J connectivity index is 1.67. The van der Waals surface area contributed by atoms with Gasteiger partial charge in [-0.25, -0.2) is 0 Å². The Morgan fingerprint density at radius 3 is 2.83 bits per heavy atom. The first kappa shape index (κ1) is 15.6. The number of cyclic esters (lactones) is 1. The molecule has 1 N–H and O–H groups in total. The number of aliphatic hydroxyl groups is 1. The van der Waals surface area contributed by atoms with Crippen LogP contribution < -0.4 is 0 Å². The number of carbonyl (C=O) groups is 1. The summed E-state index contributed by atoms with van der Waals surface area (Å²) in [7, 11) is 0. The number of nitrogens with zero attached hydrogens (tertiary/aromatic N) is 1. The first-order chi connectivity index (χ1) is 11.8. The van der Waals surface area contributed by atoms with Gasteiger partial charge in [0.05, 0.1) is 12.6 Å². The highest BCUT2D eigenvalue weighted by atomic mass is 16.6. The van der Waals surface area contributed by atoms with Crippen molar-refractivity contribution < 1.29 is 14.6 Å². The van der Waals surface area contributed by atoms with Crippen molar-refractivity contribution in [3.8, 4) is 0 Å². The number of ether oxygens (including phenoxy) is 1. The summed E-state index contributed by atoms with van der Waals surface area (Å²) in [6.07, 6.45) is 9.47. The number of fused-ring (bicyclic) bond motifs is 3. The third kappa shape index (κ3) is 2.70. The highest BCUT2D eigenvalue weighted by Gasteiger charge is 2.51. The SMILES string of the molecule is O=C1O[C@@H](Cc2ccccc2)[C@H]2[C@@H]3C=CCCC=C3CN2[C@H]1CO. The molecular weight excluding hydrogens is 302 g/mol. The van der Waals surface area contributed by atoms with Crippen LogP contribution in [-0.4, -0.2) is 47.3 Å². The van der Waals surface area contributed by atoms with Gasteiger partial charge < -0.3 is 9.84 Å². The van der Waals surface area contributed by atoms with E-state index in [1.165, 1.54) is 11.1 Å². The average molecular weight is 325 g/mol. The maximum atomic E-state index is 12.4. The number of morpholine rings is 1. The van der Waals surface area contributed by atoms with Crippen LogP contribution in [0.5, 0.6) is 0 Å². The fourth-order valence-corrected chi connectivity index (χ4v) is 4.28. The smallest absolute Gasteiger partial charge is 0.326 e. The average Bonchev–Trinajstić information content (AvgIpc) is 2.79. The van der Waals surface area contributed by atoms with Crippen LogP contribution in [0.1, 0.15) is 18.4 Å². The Bertz CT molecular complexity index is 667. The highest BCUT2D eigenvalue weighted by molar-refractivity contribution is 5.77. The van der Waals surface area contributed by atoms with E-state index < -0.39 is 6.04 Å². The van der Waals surface area contributed by atoms with Crippen molar-refractivity contribution in [2.24, 2.45) is 5.92 Å². The molecule has 1 aliphatic carbocycles. The molecule has 0 saturated carbocycles. The van der Waals surface area contributed by atoms with E-state index in [1.54, 1.807) is 0 Å². The van der Waals surface area contributed by atoms with Gasteiger partial charge in [-0.15, -0.1) is 0 Å². The maximum absolute atomic E-state index is 12.4. The molecule has 0 amide bonds. The van der Waals surface area contributed by atoms with Crippen LogP contribution in [0.25, 0.3) is 0 Å². The van der Waals surface area contributed by atoms with Gasteiger partial charge in [-0.1, -0.05) is 54.1 Å². The topological polar surface area (TPSA) is 49.8 Å². The van der Waals surface area contributed by atoms with Gasteiger partial charge in [0.2, 0.25) is 0 Å². The number of hydrogen-bond acceptors (Lipinski definition) is 4. The van der Waals surface area contributed by atoms with Crippen molar-refractivity contribution in [1.29, 1.82) is 0 Å². The van der Waals surface area contributed by atoms with Gasteiger partial charge >= 0.3 is 5.97 Å². The minimum Gasteiger partial charge on any atom is -0.459 e. The second-order valence-electron chi connectivity index (χ2n) is 6.84. The van der Waals surface area contributed by atoms with E-state index in [1.807, 2.05) is 18.2 Å². The zero-order chi connectivity index (χ0) is 16.5. The number of hydrogen-bond donors (Lipinski definition) is 1.